The number of halogens is 1. The summed E-state index contributed by atoms with van der Waals surface area (Å²) < 4.78 is 0. The van der Waals surface area contributed by atoms with Crippen LogP contribution < -0.4 is 0 Å². The molecule has 0 spiro atoms. The van der Waals surface area contributed by atoms with Crippen LogP contribution in [0.3, 0.4) is 0 Å². The average molecular weight is 226 g/mol. The first-order valence-electron chi connectivity index (χ1n) is 0.447. The molecule has 0 saturated carbocycles. The molecule has 3 heteroatoms. The Hall–Kier alpha value is 1.57. The third-order valence-corrected chi connectivity index (χ3v) is 0. The van der Waals surface area contributed by atoms with E-state index in [1.54, 1.807) is 0 Å². The summed E-state index contributed by atoms with van der Waals surface area (Å²) in [7, 11) is 1.00. The van der Waals surface area contributed by atoms with Gasteiger partial charge in [-0.05, 0) is 0 Å². The minimum atomic E-state index is 0. The van der Waals surface area contributed by atoms with Gasteiger partial charge in [0.1, 0.15) is 0 Å². The quantitative estimate of drug-likeness (QED) is 0.617. The van der Waals surface area contributed by atoms with Crippen LogP contribution in [-0.2, 0) is 0 Å². The van der Waals surface area contributed by atoms with Crippen molar-refractivity contribution in [3.8, 4) is 0 Å². The van der Waals surface area contributed by atoms with Gasteiger partial charge >= 0.3 is 0 Å². The van der Waals surface area contributed by atoms with Crippen LogP contribution in [0.2, 0.25) is 0 Å². The molecule has 0 rings (SSSR count). The minimum absolute atomic E-state index is 0. The van der Waals surface area contributed by atoms with Gasteiger partial charge in [-0.3, -0.25) is 0 Å². The number of aliphatic hydroxyl groups is 1. The van der Waals surface area contributed by atoms with Gasteiger partial charge < -0.3 is 5.11 Å². The van der Waals surface area contributed by atoms with Crippen molar-refractivity contribution >= 4 is 12.4 Å². The smallest absolute Gasteiger partial charge is 0.0319 e. The molecule has 0 atom stereocenters. The number of hydrogen-bond donors (Lipinski definition) is 1. The number of aliphatic hydroxyl groups excluding tert-OH is 1. The third-order valence-electron chi connectivity index (χ3n) is 0. The van der Waals surface area contributed by atoms with E-state index in [0.29, 0.717) is 0 Å². The molecule has 0 aliphatic carbocycles. The van der Waals surface area contributed by atoms with Crippen molar-refractivity contribution in [1.29, 1.82) is 0 Å². The molecule has 0 fully saturated rings. The van der Waals surface area contributed by atoms with E-state index in [1.165, 1.54) is 0 Å². The van der Waals surface area contributed by atoms with Gasteiger partial charge in [0.05, 0.1) is 0 Å². The maximum absolute atomic E-state index is 7.00. The van der Waals surface area contributed by atoms with Gasteiger partial charge in [0, 0.05) is 47.1 Å². The summed E-state index contributed by atoms with van der Waals surface area (Å²) in [5.74, 6) is 0. The Bertz CT molecular complexity index is 8.00. The zero-order chi connectivity index (χ0) is 2.00. The van der Waals surface area contributed by atoms with Crippen LogP contribution >= 0.6 is 12.4 Å². The second-order valence-electron chi connectivity index (χ2n) is 0. The Labute approximate surface area is 63.9 Å². The van der Waals surface area contributed by atoms with Gasteiger partial charge in [0.2, 0.25) is 0 Å². The first-order valence-corrected chi connectivity index (χ1v) is 0.447. The fraction of sp³-hybridized carbons (Fsp3) is 1.00. The topological polar surface area (TPSA) is 20.2 Å². The van der Waals surface area contributed by atoms with Gasteiger partial charge in [-0.25, -0.2) is 0 Å². The van der Waals surface area contributed by atoms with Gasteiger partial charge in [0.15, 0.2) is 0 Å². The second-order valence-corrected chi connectivity index (χ2v) is 0. The van der Waals surface area contributed by atoms with E-state index >= 15 is 0 Å². The number of hydrogen-bond acceptors (Lipinski definition) is 1. The number of rotatable bonds is 0. The fourth-order valence-corrected chi connectivity index (χ4v) is 0. The summed E-state index contributed by atoms with van der Waals surface area (Å²) in [5, 5.41) is 7.00. The maximum atomic E-state index is 7.00. The first-order chi connectivity index (χ1) is 1.00. The van der Waals surface area contributed by atoms with Gasteiger partial charge in [-0.2, -0.15) is 0 Å². The van der Waals surface area contributed by atoms with E-state index < -0.39 is 0 Å². The Morgan fingerprint density at radius 2 is 1.25 bits per heavy atom. The Balaban J connectivity index is -0.00000000500. The molecule has 0 aromatic heterocycles. The summed E-state index contributed by atoms with van der Waals surface area (Å²) in [6.07, 6.45) is 0. The summed E-state index contributed by atoms with van der Waals surface area (Å²) in [5.41, 5.74) is 0. The van der Waals surface area contributed by atoms with Crippen LogP contribution in [0.5, 0.6) is 0 Å². The maximum Gasteiger partial charge on any atom is 0.0319 e. The molecule has 30 valence electrons. The van der Waals surface area contributed by atoms with Crippen LogP contribution in [0.15, 0.2) is 0 Å². The summed E-state index contributed by atoms with van der Waals surface area (Å²) in [6, 6.07) is 0. The molecule has 0 heterocycles. The predicted octanol–water partition coefficient (Wildman–Crippen LogP) is 0.0303. The van der Waals surface area contributed by atoms with Gasteiger partial charge in [0.25, 0.3) is 0 Å². The molecule has 0 aromatic rings. The molecule has 0 saturated heterocycles. The molecular weight excluding hydrogens is 221 g/mol. The molecule has 0 aliphatic rings. The Morgan fingerprint density at radius 1 is 1.25 bits per heavy atom. The Morgan fingerprint density at radius 3 is 1.25 bits per heavy atom. The van der Waals surface area contributed by atoms with Crippen LogP contribution in [0.25, 0.3) is 0 Å². The molecule has 0 amide bonds. The van der Waals surface area contributed by atoms with Crippen LogP contribution in [0.4, 0.5) is 0 Å². The first kappa shape index (κ1) is 17.6. The predicted molar refractivity (Wildman–Crippen MR) is 15.4 cm³/mol. The van der Waals surface area contributed by atoms with Crippen molar-refractivity contribution in [2.45, 2.75) is 0 Å². The van der Waals surface area contributed by atoms with Crippen molar-refractivity contribution in [2.24, 2.45) is 0 Å². The molecular formula is CH5ClGdO. The van der Waals surface area contributed by atoms with Crippen LogP contribution in [0.1, 0.15) is 0 Å². The van der Waals surface area contributed by atoms with Crippen molar-refractivity contribution in [1.82, 2.24) is 0 Å². The second kappa shape index (κ2) is 23.6. The Kier molecular flexibility index (Phi) is 104. The van der Waals surface area contributed by atoms with E-state index in [-0.39, 0.29) is 52.3 Å². The fourth-order valence-electron chi connectivity index (χ4n) is 0. The minimum Gasteiger partial charge on any atom is -0.400 e. The van der Waals surface area contributed by atoms with E-state index in [1.807, 2.05) is 0 Å². The molecule has 1 nitrogen and oxygen atoms in total. The van der Waals surface area contributed by atoms with Crippen molar-refractivity contribution in [3.63, 3.8) is 0 Å². The van der Waals surface area contributed by atoms with E-state index in [0.717, 1.165) is 7.11 Å². The summed E-state index contributed by atoms with van der Waals surface area (Å²) in [6.45, 7) is 0. The van der Waals surface area contributed by atoms with Crippen molar-refractivity contribution in [2.75, 3.05) is 7.11 Å². The third kappa shape index (κ3) is 9.56. The van der Waals surface area contributed by atoms with Crippen molar-refractivity contribution in [3.05, 3.63) is 0 Å². The molecule has 0 radical (unpaired) electrons. The van der Waals surface area contributed by atoms with Gasteiger partial charge in [-0.15, -0.1) is 12.4 Å². The monoisotopic (exact) mass is 226 g/mol. The average Bonchev–Trinajstić information content (AvgIpc) is 1.00. The van der Waals surface area contributed by atoms with E-state index in [4.69, 9.17) is 5.11 Å². The molecule has 4 heavy (non-hydrogen) atoms. The molecule has 0 unspecified atom stereocenters. The zero-order valence-electron chi connectivity index (χ0n) is 2.21. The van der Waals surface area contributed by atoms with E-state index in [9.17, 15) is 0 Å². The molecule has 1 N–H and O–H groups in total. The summed E-state index contributed by atoms with van der Waals surface area (Å²) in [4.78, 5) is 0. The summed E-state index contributed by atoms with van der Waals surface area (Å²) >= 11 is 0. The van der Waals surface area contributed by atoms with E-state index in [2.05, 4.69) is 0 Å². The normalized spacial score (nSPS) is 1.50. The molecule has 0 aliphatic heterocycles. The SMILES string of the molecule is CO.Cl.[Gd]. The largest absolute Gasteiger partial charge is 0.400 e. The van der Waals surface area contributed by atoms with Gasteiger partial charge in [-0.1, -0.05) is 0 Å². The molecule has 0 aromatic carbocycles. The van der Waals surface area contributed by atoms with Crippen molar-refractivity contribution < 1.29 is 45.0 Å². The van der Waals surface area contributed by atoms with Crippen LogP contribution in [-0.4, -0.2) is 12.2 Å². The molecule has 0 bridgehead atoms. The van der Waals surface area contributed by atoms with Crippen LogP contribution in [0, 0.1) is 39.9 Å². The standard InChI is InChI=1S/CH4O.ClH.Gd/c1-2;;/h2H,1H3;1H;. The zero-order valence-corrected chi connectivity index (χ0v) is 5.29.